The fourth-order valence-electron chi connectivity index (χ4n) is 3.88. The van der Waals surface area contributed by atoms with Crippen molar-refractivity contribution < 1.29 is 9.21 Å². The van der Waals surface area contributed by atoms with Crippen LogP contribution in [0.15, 0.2) is 58.1 Å². The van der Waals surface area contributed by atoms with Gasteiger partial charge in [-0.2, -0.15) is 0 Å². The Labute approximate surface area is 202 Å². The number of carbonyl (C=O) groups is 1. The summed E-state index contributed by atoms with van der Waals surface area (Å²) < 4.78 is 5.10. The summed E-state index contributed by atoms with van der Waals surface area (Å²) in [5.74, 6) is 1.03. The van der Waals surface area contributed by atoms with Gasteiger partial charge < -0.3 is 20.0 Å². The molecule has 2 aromatic rings. The number of amides is 1. The minimum Gasteiger partial charge on any atom is -0.459 e. The molecule has 1 aromatic heterocycles. The molecule has 0 bridgehead atoms. The Morgan fingerprint density at radius 3 is 2.42 bits per heavy atom. The first-order chi connectivity index (χ1) is 14.7. The van der Waals surface area contributed by atoms with Crippen molar-refractivity contribution in [2.24, 2.45) is 4.99 Å². The van der Waals surface area contributed by atoms with E-state index in [4.69, 9.17) is 9.41 Å². The lowest BCUT2D eigenvalue weighted by molar-refractivity contribution is 0.0927. The van der Waals surface area contributed by atoms with Crippen LogP contribution < -0.4 is 10.6 Å². The molecule has 1 amide bonds. The monoisotopic (exact) mass is 539 g/mol. The van der Waals surface area contributed by atoms with Crippen LogP contribution in [0.25, 0.3) is 0 Å². The maximum atomic E-state index is 11.9. The third kappa shape index (κ3) is 7.24. The van der Waals surface area contributed by atoms with E-state index in [9.17, 15) is 4.79 Å². The number of guanidine groups is 1. The molecule has 0 aliphatic carbocycles. The van der Waals surface area contributed by atoms with Gasteiger partial charge in [0.2, 0.25) is 0 Å². The van der Waals surface area contributed by atoms with Gasteiger partial charge >= 0.3 is 0 Å². The number of nitrogens with zero attached hydrogens (tertiary/aromatic N) is 3. The maximum Gasteiger partial charge on any atom is 0.287 e. The molecule has 1 aliphatic rings. The van der Waals surface area contributed by atoms with Gasteiger partial charge in [0, 0.05) is 45.3 Å². The lowest BCUT2D eigenvalue weighted by Gasteiger charge is -2.40. The molecule has 0 radical (unpaired) electrons. The van der Waals surface area contributed by atoms with Crippen LogP contribution in [0.4, 0.5) is 0 Å². The summed E-state index contributed by atoms with van der Waals surface area (Å²) >= 11 is 0. The predicted octanol–water partition coefficient (Wildman–Crippen LogP) is 3.36. The molecule has 0 spiro atoms. The Kier molecular flexibility index (Phi) is 10.9. The zero-order valence-electron chi connectivity index (χ0n) is 18.4. The van der Waals surface area contributed by atoms with Crippen LogP contribution in [-0.2, 0) is 0 Å². The summed E-state index contributed by atoms with van der Waals surface area (Å²) in [5, 5.41) is 6.22. The van der Waals surface area contributed by atoms with Crippen molar-refractivity contribution in [1.29, 1.82) is 0 Å². The van der Waals surface area contributed by atoms with E-state index >= 15 is 0 Å². The van der Waals surface area contributed by atoms with Crippen molar-refractivity contribution >= 4 is 35.8 Å². The minimum absolute atomic E-state index is 0. The molecule has 1 unspecified atom stereocenters. The van der Waals surface area contributed by atoms with E-state index in [0.717, 1.165) is 45.1 Å². The number of hydrogen-bond acceptors (Lipinski definition) is 4. The minimum atomic E-state index is -0.208. The zero-order chi connectivity index (χ0) is 21.2. The van der Waals surface area contributed by atoms with Gasteiger partial charge in [-0.1, -0.05) is 37.3 Å². The van der Waals surface area contributed by atoms with Crippen LogP contribution in [0.1, 0.15) is 42.4 Å². The number of aliphatic imine (C=N–C) groups is 1. The molecule has 1 fully saturated rings. The second-order valence-corrected chi connectivity index (χ2v) is 7.33. The van der Waals surface area contributed by atoms with Gasteiger partial charge in [-0.05, 0) is 31.0 Å². The fraction of sp³-hybridized carbons (Fsp3) is 0.478. The molecule has 31 heavy (non-hydrogen) atoms. The molecule has 1 saturated heterocycles. The normalized spacial score (nSPS) is 15.8. The summed E-state index contributed by atoms with van der Waals surface area (Å²) in [7, 11) is 0. The van der Waals surface area contributed by atoms with E-state index in [2.05, 4.69) is 64.6 Å². The Bertz CT molecular complexity index is 790. The highest BCUT2D eigenvalue weighted by Gasteiger charge is 2.25. The lowest BCUT2D eigenvalue weighted by atomic mass is 10.0. The van der Waals surface area contributed by atoms with Crippen LogP contribution in [0.3, 0.4) is 0 Å². The molecule has 170 valence electrons. The van der Waals surface area contributed by atoms with Gasteiger partial charge in [0.25, 0.3) is 5.91 Å². The van der Waals surface area contributed by atoms with E-state index in [1.54, 1.807) is 12.1 Å². The average Bonchev–Trinajstić information content (AvgIpc) is 3.33. The zero-order valence-corrected chi connectivity index (χ0v) is 20.7. The number of rotatable bonds is 8. The van der Waals surface area contributed by atoms with Crippen LogP contribution in [0, 0.1) is 0 Å². The van der Waals surface area contributed by atoms with E-state index < -0.39 is 0 Å². The molecular weight excluding hydrogens is 505 g/mol. The topological polar surface area (TPSA) is 73.1 Å². The molecule has 2 N–H and O–H groups in total. The van der Waals surface area contributed by atoms with Gasteiger partial charge in [0.05, 0.1) is 12.8 Å². The van der Waals surface area contributed by atoms with E-state index in [1.165, 1.54) is 11.8 Å². The second kappa shape index (κ2) is 13.4. The predicted molar refractivity (Wildman–Crippen MR) is 135 cm³/mol. The van der Waals surface area contributed by atoms with Gasteiger partial charge in [-0.3, -0.25) is 14.7 Å². The van der Waals surface area contributed by atoms with Crippen molar-refractivity contribution in [3.63, 3.8) is 0 Å². The van der Waals surface area contributed by atoms with E-state index in [1.807, 2.05) is 0 Å². The summed E-state index contributed by atoms with van der Waals surface area (Å²) in [4.78, 5) is 21.5. The van der Waals surface area contributed by atoms with Crippen LogP contribution in [-0.4, -0.2) is 67.5 Å². The Balaban J connectivity index is 0.00000341. The van der Waals surface area contributed by atoms with Gasteiger partial charge in [0.1, 0.15) is 0 Å². The molecule has 8 heteroatoms. The summed E-state index contributed by atoms with van der Waals surface area (Å²) in [6.07, 6.45) is 2.60. The molecule has 1 aromatic carbocycles. The Morgan fingerprint density at radius 1 is 1.06 bits per heavy atom. The highest BCUT2D eigenvalue weighted by Crippen LogP contribution is 2.25. The number of nitrogens with one attached hydrogen (secondary N) is 2. The number of halogens is 1. The SMILES string of the molecule is CCNC(=NCCNC(=O)c1ccco1)N1CCN(C(CC)c2ccccc2)CC1.I. The number of piperazine rings is 1. The summed E-state index contributed by atoms with van der Waals surface area (Å²) in [6, 6.07) is 14.6. The lowest BCUT2D eigenvalue weighted by Crippen LogP contribution is -2.53. The third-order valence-electron chi connectivity index (χ3n) is 5.36. The Morgan fingerprint density at radius 2 is 1.81 bits per heavy atom. The van der Waals surface area contributed by atoms with Gasteiger partial charge in [-0.25, -0.2) is 0 Å². The highest BCUT2D eigenvalue weighted by atomic mass is 127. The quantitative estimate of drug-likeness (QED) is 0.233. The molecule has 2 heterocycles. The molecule has 7 nitrogen and oxygen atoms in total. The van der Waals surface area contributed by atoms with Crippen LogP contribution in [0.2, 0.25) is 0 Å². The molecule has 3 rings (SSSR count). The Hall–Kier alpha value is -2.07. The first-order valence-electron chi connectivity index (χ1n) is 10.9. The standard InChI is InChI=1S/C23H33N5O2.HI/c1-3-20(19-9-6-5-7-10-19)27-14-16-28(17-15-27)23(24-4-2)26-13-12-25-22(29)21-11-8-18-30-21;/h5-11,18,20H,3-4,12-17H2,1-2H3,(H,24,26)(H,25,29);1H. The van der Waals surface area contributed by atoms with Crippen molar-refractivity contribution in [3.05, 3.63) is 60.1 Å². The fourth-order valence-corrected chi connectivity index (χ4v) is 3.88. The van der Waals surface area contributed by atoms with Crippen LogP contribution in [0.5, 0.6) is 0 Å². The molecule has 1 aliphatic heterocycles. The number of hydrogen-bond donors (Lipinski definition) is 2. The van der Waals surface area contributed by atoms with Crippen molar-refractivity contribution in [1.82, 2.24) is 20.4 Å². The number of furan rings is 1. The van der Waals surface area contributed by atoms with Gasteiger partial charge in [-0.15, -0.1) is 24.0 Å². The molecule has 1 atom stereocenters. The van der Waals surface area contributed by atoms with Crippen LogP contribution >= 0.6 is 24.0 Å². The number of benzene rings is 1. The number of carbonyl (C=O) groups excluding carboxylic acids is 1. The molecule has 0 saturated carbocycles. The van der Waals surface area contributed by atoms with Crippen molar-refractivity contribution in [2.75, 3.05) is 45.8 Å². The van der Waals surface area contributed by atoms with E-state index in [0.29, 0.717) is 24.9 Å². The average molecular weight is 539 g/mol. The maximum absolute atomic E-state index is 11.9. The first kappa shape index (κ1) is 25.2. The van der Waals surface area contributed by atoms with E-state index in [-0.39, 0.29) is 29.9 Å². The van der Waals surface area contributed by atoms with Crippen molar-refractivity contribution in [3.8, 4) is 0 Å². The largest absolute Gasteiger partial charge is 0.459 e. The highest BCUT2D eigenvalue weighted by molar-refractivity contribution is 14.0. The first-order valence-corrected chi connectivity index (χ1v) is 10.9. The molecular formula is C23H34IN5O2. The second-order valence-electron chi connectivity index (χ2n) is 7.33. The van der Waals surface area contributed by atoms with Crippen molar-refractivity contribution in [2.45, 2.75) is 26.3 Å². The summed E-state index contributed by atoms with van der Waals surface area (Å²) in [6.45, 7) is 10.0. The summed E-state index contributed by atoms with van der Waals surface area (Å²) in [5.41, 5.74) is 1.39. The smallest absolute Gasteiger partial charge is 0.287 e. The van der Waals surface area contributed by atoms with Gasteiger partial charge in [0.15, 0.2) is 11.7 Å². The third-order valence-corrected chi connectivity index (χ3v) is 5.36.